The highest BCUT2D eigenvalue weighted by atomic mass is 16.5. The van der Waals surface area contributed by atoms with Crippen molar-refractivity contribution in [1.29, 1.82) is 0 Å². The van der Waals surface area contributed by atoms with Crippen LogP contribution in [0.3, 0.4) is 0 Å². The lowest BCUT2D eigenvalue weighted by Gasteiger charge is -2.05. The molecule has 16 heavy (non-hydrogen) atoms. The lowest BCUT2D eigenvalue weighted by atomic mass is 10.1. The molecule has 0 radical (unpaired) electrons. The summed E-state index contributed by atoms with van der Waals surface area (Å²) in [6, 6.07) is 5.53. The van der Waals surface area contributed by atoms with Gasteiger partial charge >= 0.3 is 5.97 Å². The molecule has 0 saturated heterocycles. The number of nitrogens with two attached hydrogens (primary N) is 1. The van der Waals surface area contributed by atoms with Crippen molar-refractivity contribution < 1.29 is 14.3 Å². The molecular formula is C12H15NO3. The summed E-state index contributed by atoms with van der Waals surface area (Å²) in [7, 11) is 2.91. The maximum Gasteiger partial charge on any atom is 0.353 e. The van der Waals surface area contributed by atoms with Crippen LogP contribution in [-0.4, -0.2) is 20.2 Å². The molecule has 0 heterocycles. The number of hydrogen-bond acceptors (Lipinski definition) is 4. The van der Waals surface area contributed by atoms with Crippen molar-refractivity contribution in [2.45, 2.75) is 6.92 Å². The molecule has 0 unspecified atom stereocenters. The van der Waals surface area contributed by atoms with Gasteiger partial charge in [0.1, 0.15) is 11.4 Å². The molecule has 1 rings (SSSR count). The van der Waals surface area contributed by atoms with Gasteiger partial charge in [-0.15, -0.1) is 0 Å². The monoisotopic (exact) mass is 221 g/mol. The summed E-state index contributed by atoms with van der Waals surface area (Å²) >= 11 is 0. The zero-order valence-corrected chi connectivity index (χ0v) is 9.61. The van der Waals surface area contributed by atoms with Gasteiger partial charge in [0.15, 0.2) is 0 Å². The second-order valence-electron chi connectivity index (χ2n) is 3.32. The fourth-order valence-electron chi connectivity index (χ4n) is 1.35. The van der Waals surface area contributed by atoms with Crippen molar-refractivity contribution in [2.24, 2.45) is 5.73 Å². The molecular weight excluding hydrogens is 206 g/mol. The lowest BCUT2D eigenvalue weighted by Crippen LogP contribution is -2.12. The number of esters is 1. The molecule has 86 valence electrons. The summed E-state index contributed by atoms with van der Waals surface area (Å²) in [6.45, 7) is 1.92. The van der Waals surface area contributed by atoms with Gasteiger partial charge in [-0.25, -0.2) is 4.79 Å². The number of aryl methyl sites for hydroxylation is 1. The van der Waals surface area contributed by atoms with Crippen molar-refractivity contribution in [2.75, 3.05) is 14.2 Å². The van der Waals surface area contributed by atoms with E-state index in [-0.39, 0.29) is 5.70 Å². The molecule has 0 aromatic heterocycles. The van der Waals surface area contributed by atoms with Crippen LogP contribution in [0.4, 0.5) is 0 Å². The smallest absolute Gasteiger partial charge is 0.353 e. The molecule has 1 aromatic carbocycles. The van der Waals surface area contributed by atoms with Gasteiger partial charge in [0.2, 0.25) is 0 Å². The van der Waals surface area contributed by atoms with Gasteiger partial charge in [-0.2, -0.15) is 0 Å². The Hall–Kier alpha value is -1.97. The minimum atomic E-state index is -0.534. The lowest BCUT2D eigenvalue weighted by molar-refractivity contribution is -0.136. The predicted octanol–water partition coefficient (Wildman–Crippen LogP) is 1.48. The number of ether oxygens (including phenoxy) is 2. The van der Waals surface area contributed by atoms with Crippen LogP contribution in [0.15, 0.2) is 23.9 Å². The summed E-state index contributed by atoms with van der Waals surface area (Å²) in [4.78, 5) is 11.1. The minimum absolute atomic E-state index is 0.0760. The summed E-state index contributed by atoms with van der Waals surface area (Å²) in [5.41, 5.74) is 7.43. The van der Waals surface area contributed by atoms with Gasteiger partial charge in [0, 0.05) is 0 Å². The quantitative estimate of drug-likeness (QED) is 0.620. The summed E-state index contributed by atoms with van der Waals surface area (Å²) in [5.74, 6) is 0.266. The molecule has 0 fully saturated rings. The van der Waals surface area contributed by atoms with Gasteiger partial charge in [0.25, 0.3) is 0 Å². The Bertz CT molecular complexity index is 424. The number of carbonyl (C=O) groups is 1. The van der Waals surface area contributed by atoms with E-state index in [0.717, 1.165) is 16.9 Å². The topological polar surface area (TPSA) is 61.5 Å². The highest BCUT2D eigenvalue weighted by Crippen LogP contribution is 2.19. The first-order valence-electron chi connectivity index (χ1n) is 4.78. The average molecular weight is 221 g/mol. The molecule has 4 heteroatoms. The van der Waals surface area contributed by atoms with Crippen molar-refractivity contribution in [3.05, 3.63) is 35.0 Å². The van der Waals surface area contributed by atoms with E-state index in [1.807, 2.05) is 25.1 Å². The van der Waals surface area contributed by atoms with Crippen LogP contribution in [0.25, 0.3) is 6.08 Å². The second-order valence-corrected chi connectivity index (χ2v) is 3.32. The molecule has 2 N–H and O–H groups in total. The third kappa shape index (κ3) is 2.76. The minimum Gasteiger partial charge on any atom is -0.496 e. The van der Waals surface area contributed by atoms with Crippen LogP contribution in [0.5, 0.6) is 5.75 Å². The first kappa shape index (κ1) is 12.1. The normalized spacial score (nSPS) is 11.1. The van der Waals surface area contributed by atoms with Crippen LogP contribution in [0.2, 0.25) is 0 Å². The van der Waals surface area contributed by atoms with Crippen molar-refractivity contribution in [1.82, 2.24) is 0 Å². The number of methoxy groups -OCH3 is 2. The average Bonchev–Trinajstić information content (AvgIpc) is 2.28. The van der Waals surface area contributed by atoms with Gasteiger partial charge in [0.05, 0.1) is 14.2 Å². The highest BCUT2D eigenvalue weighted by molar-refractivity contribution is 5.92. The van der Waals surface area contributed by atoms with E-state index in [1.54, 1.807) is 13.2 Å². The van der Waals surface area contributed by atoms with E-state index >= 15 is 0 Å². The van der Waals surface area contributed by atoms with Crippen LogP contribution in [0.1, 0.15) is 11.1 Å². The largest absolute Gasteiger partial charge is 0.496 e. The fourth-order valence-corrected chi connectivity index (χ4v) is 1.35. The molecule has 0 atom stereocenters. The van der Waals surface area contributed by atoms with E-state index in [0.29, 0.717) is 0 Å². The molecule has 0 bridgehead atoms. The predicted molar refractivity (Wildman–Crippen MR) is 61.9 cm³/mol. The Morgan fingerprint density at radius 2 is 2.06 bits per heavy atom. The number of hydrogen-bond donors (Lipinski definition) is 1. The SMILES string of the molecule is COC(=O)/C(N)=C/c1ccc(OC)c(C)c1. The first-order valence-corrected chi connectivity index (χ1v) is 4.78. The van der Waals surface area contributed by atoms with E-state index in [9.17, 15) is 4.79 Å². The molecule has 1 aromatic rings. The zero-order valence-electron chi connectivity index (χ0n) is 9.61. The van der Waals surface area contributed by atoms with Crippen molar-refractivity contribution in [3.8, 4) is 5.75 Å². The molecule has 0 aliphatic carbocycles. The Morgan fingerprint density at radius 3 is 2.56 bits per heavy atom. The molecule has 4 nitrogen and oxygen atoms in total. The Kier molecular flexibility index (Phi) is 3.94. The Balaban J connectivity index is 2.98. The van der Waals surface area contributed by atoms with E-state index in [2.05, 4.69) is 4.74 Å². The molecule has 0 spiro atoms. The van der Waals surface area contributed by atoms with Crippen LogP contribution < -0.4 is 10.5 Å². The molecule has 0 saturated carbocycles. The number of rotatable bonds is 3. The second kappa shape index (κ2) is 5.21. The van der Waals surface area contributed by atoms with E-state index < -0.39 is 5.97 Å². The first-order chi connectivity index (χ1) is 7.58. The van der Waals surface area contributed by atoms with Crippen LogP contribution in [0, 0.1) is 6.92 Å². The van der Waals surface area contributed by atoms with Crippen molar-refractivity contribution >= 4 is 12.0 Å². The molecule has 0 amide bonds. The van der Waals surface area contributed by atoms with Crippen LogP contribution in [-0.2, 0) is 9.53 Å². The van der Waals surface area contributed by atoms with Gasteiger partial charge in [-0.1, -0.05) is 6.07 Å². The van der Waals surface area contributed by atoms with E-state index in [4.69, 9.17) is 10.5 Å². The fraction of sp³-hybridized carbons (Fsp3) is 0.250. The number of benzene rings is 1. The van der Waals surface area contributed by atoms with Gasteiger partial charge < -0.3 is 15.2 Å². The maximum absolute atomic E-state index is 11.1. The van der Waals surface area contributed by atoms with E-state index in [1.165, 1.54) is 7.11 Å². The number of carbonyl (C=O) groups excluding carboxylic acids is 1. The zero-order chi connectivity index (χ0) is 12.1. The summed E-state index contributed by atoms with van der Waals surface area (Å²) < 4.78 is 9.63. The molecule has 0 aliphatic rings. The van der Waals surface area contributed by atoms with Crippen LogP contribution >= 0.6 is 0 Å². The van der Waals surface area contributed by atoms with Crippen molar-refractivity contribution in [3.63, 3.8) is 0 Å². The summed E-state index contributed by atoms with van der Waals surface area (Å²) in [5, 5.41) is 0. The van der Waals surface area contributed by atoms with Gasteiger partial charge in [-0.05, 0) is 36.3 Å². The third-order valence-electron chi connectivity index (χ3n) is 2.16. The summed E-state index contributed by atoms with van der Waals surface area (Å²) in [6.07, 6.45) is 1.57. The van der Waals surface area contributed by atoms with Gasteiger partial charge in [-0.3, -0.25) is 0 Å². The molecule has 0 aliphatic heterocycles. The Labute approximate surface area is 94.7 Å². The standard InChI is InChI=1S/C12H15NO3/c1-8-6-9(4-5-11(8)15-2)7-10(13)12(14)16-3/h4-7H,13H2,1-3H3/b10-7-. The Morgan fingerprint density at radius 1 is 1.38 bits per heavy atom. The third-order valence-corrected chi connectivity index (χ3v) is 2.16. The highest BCUT2D eigenvalue weighted by Gasteiger charge is 2.05. The maximum atomic E-state index is 11.1.